The van der Waals surface area contributed by atoms with E-state index in [0.29, 0.717) is 12.8 Å². The molecule has 0 saturated carbocycles. The molecular weight excluding hydrogens is 566 g/mol. The molecule has 266 valence electrons. The average molecular weight is 640 g/mol. The number of rotatable bonds is 33. The highest BCUT2D eigenvalue weighted by atomic mass is 16.6. The summed E-state index contributed by atoms with van der Waals surface area (Å²) >= 11 is 0. The number of hydrogen-bond acceptors (Lipinski definition) is 6. The van der Waals surface area contributed by atoms with Crippen molar-refractivity contribution in [3.8, 4) is 0 Å². The van der Waals surface area contributed by atoms with Crippen LogP contribution in [0.2, 0.25) is 0 Å². The first-order chi connectivity index (χ1) is 21.8. The van der Waals surface area contributed by atoms with E-state index in [-0.39, 0.29) is 5.91 Å². The lowest BCUT2D eigenvalue weighted by molar-refractivity contribution is -0.170. The fraction of sp³-hybridized carbons (Fsp3) is 0.921. The highest BCUT2D eigenvalue weighted by molar-refractivity contribution is 5.76. The average Bonchev–Trinajstić information content (AvgIpc) is 3.00. The number of amides is 1. The van der Waals surface area contributed by atoms with Gasteiger partial charge in [-0.2, -0.15) is 0 Å². The Kier molecular flexibility index (Phi) is 31.1. The van der Waals surface area contributed by atoms with Gasteiger partial charge < -0.3 is 19.9 Å². The van der Waals surface area contributed by atoms with Crippen LogP contribution in [0, 0.1) is 0 Å². The normalized spacial score (nSPS) is 13.3. The second-order valence-corrected chi connectivity index (χ2v) is 13.2. The molecule has 3 atom stereocenters. The molecule has 2 N–H and O–H groups in total. The summed E-state index contributed by atoms with van der Waals surface area (Å²) in [4.78, 5) is 36.7. The van der Waals surface area contributed by atoms with Crippen LogP contribution in [0.3, 0.4) is 0 Å². The van der Waals surface area contributed by atoms with Gasteiger partial charge in [0.15, 0.2) is 6.10 Å². The summed E-state index contributed by atoms with van der Waals surface area (Å²) in [7, 11) is 0. The van der Waals surface area contributed by atoms with Gasteiger partial charge in [0, 0.05) is 20.3 Å². The molecule has 45 heavy (non-hydrogen) atoms. The number of carbonyl (C=O) groups excluding carboxylic acids is 3. The van der Waals surface area contributed by atoms with E-state index in [1.807, 2.05) is 0 Å². The number of esters is 2. The third-order valence-electron chi connectivity index (χ3n) is 8.78. The predicted molar refractivity (Wildman–Crippen MR) is 186 cm³/mol. The number of aliphatic hydroxyl groups excluding tert-OH is 1. The van der Waals surface area contributed by atoms with Gasteiger partial charge in [-0.1, -0.05) is 162 Å². The second-order valence-electron chi connectivity index (χ2n) is 13.2. The maximum absolute atomic E-state index is 12.8. The minimum Gasteiger partial charge on any atom is -0.459 e. The highest BCUT2D eigenvalue weighted by Gasteiger charge is 2.35. The van der Waals surface area contributed by atoms with E-state index in [1.165, 1.54) is 136 Å². The molecule has 0 aliphatic heterocycles. The van der Waals surface area contributed by atoms with Crippen molar-refractivity contribution in [1.82, 2.24) is 5.32 Å². The zero-order chi connectivity index (χ0) is 33.4. The van der Waals surface area contributed by atoms with Crippen LogP contribution < -0.4 is 5.32 Å². The van der Waals surface area contributed by atoms with Gasteiger partial charge in [0.2, 0.25) is 5.91 Å². The third-order valence-corrected chi connectivity index (χ3v) is 8.78. The van der Waals surface area contributed by atoms with Crippen LogP contribution in [0.15, 0.2) is 0 Å². The van der Waals surface area contributed by atoms with Crippen LogP contribution in [0.4, 0.5) is 0 Å². The molecule has 7 nitrogen and oxygen atoms in total. The van der Waals surface area contributed by atoms with Gasteiger partial charge in [-0.05, 0) is 19.3 Å². The van der Waals surface area contributed by atoms with E-state index in [4.69, 9.17) is 9.47 Å². The van der Waals surface area contributed by atoms with Crippen molar-refractivity contribution in [3.63, 3.8) is 0 Å². The Balaban J connectivity index is 4.44. The topological polar surface area (TPSA) is 102 Å². The fourth-order valence-corrected chi connectivity index (χ4v) is 6.11. The lowest BCUT2D eigenvalue weighted by Crippen LogP contribution is -2.53. The fourth-order valence-electron chi connectivity index (χ4n) is 6.11. The SMILES string of the molecule is CCCCCCCCCCCCCCCC(=O)N[C@@H](CO)[C@H](OC(C)=O)[C@@H](CCCCCCCCCCCCCC)OC(C)=O. The van der Waals surface area contributed by atoms with Crippen molar-refractivity contribution < 1.29 is 29.0 Å². The first-order valence-electron chi connectivity index (χ1n) is 19.1. The molecule has 0 aromatic rings. The quantitative estimate of drug-likeness (QED) is 0.0547. The summed E-state index contributed by atoms with van der Waals surface area (Å²) in [6.45, 7) is 6.73. The van der Waals surface area contributed by atoms with Crippen molar-refractivity contribution in [1.29, 1.82) is 0 Å². The molecule has 0 aliphatic carbocycles. The van der Waals surface area contributed by atoms with Crippen molar-refractivity contribution in [3.05, 3.63) is 0 Å². The van der Waals surface area contributed by atoms with E-state index < -0.39 is 36.8 Å². The minimum atomic E-state index is -0.931. The van der Waals surface area contributed by atoms with Crippen LogP contribution in [0.25, 0.3) is 0 Å². The van der Waals surface area contributed by atoms with E-state index in [9.17, 15) is 19.5 Å². The van der Waals surface area contributed by atoms with Gasteiger partial charge in [-0.15, -0.1) is 0 Å². The predicted octanol–water partition coefficient (Wildman–Crippen LogP) is 9.90. The van der Waals surface area contributed by atoms with Crippen molar-refractivity contribution >= 4 is 17.8 Å². The summed E-state index contributed by atoms with van der Waals surface area (Å²) in [5.41, 5.74) is 0. The van der Waals surface area contributed by atoms with E-state index in [0.717, 1.165) is 38.5 Å². The van der Waals surface area contributed by atoms with Crippen LogP contribution in [-0.4, -0.2) is 47.8 Å². The van der Waals surface area contributed by atoms with Crippen molar-refractivity contribution in [2.45, 2.75) is 219 Å². The first kappa shape index (κ1) is 43.4. The van der Waals surface area contributed by atoms with E-state index in [1.54, 1.807) is 0 Å². The van der Waals surface area contributed by atoms with Gasteiger partial charge in [0.1, 0.15) is 6.10 Å². The summed E-state index contributed by atoms with van der Waals surface area (Å²) in [5.74, 6) is -1.18. The van der Waals surface area contributed by atoms with E-state index >= 15 is 0 Å². The van der Waals surface area contributed by atoms with Crippen LogP contribution >= 0.6 is 0 Å². The Morgan fingerprint density at radius 2 is 0.889 bits per heavy atom. The molecule has 0 spiro atoms. The highest BCUT2D eigenvalue weighted by Crippen LogP contribution is 2.20. The van der Waals surface area contributed by atoms with Crippen molar-refractivity contribution in [2.75, 3.05) is 6.61 Å². The minimum absolute atomic E-state index is 0.179. The largest absolute Gasteiger partial charge is 0.459 e. The number of aliphatic hydroxyl groups is 1. The zero-order valence-electron chi connectivity index (χ0n) is 30.0. The smallest absolute Gasteiger partial charge is 0.303 e. The first-order valence-corrected chi connectivity index (χ1v) is 19.1. The Bertz CT molecular complexity index is 700. The van der Waals surface area contributed by atoms with Gasteiger partial charge in [-0.3, -0.25) is 14.4 Å². The van der Waals surface area contributed by atoms with Gasteiger partial charge in [0.05, 0.1) is 12.6 Å². The Morgan fingerprint density at radius 3 is 1.24 bits per heavy atom. The van der Waals surface area contributed by atoms with E-state index in [2.05, 4.69) is 19.2 Å². The van der Waals surface area contributed by atoms with Gasteiger partial charge >= 0.3 is 11.9 Å². The van der Waals surface area contributed by atoms with Gasteiger partial charge in [0.25, 0.3) is 0 Å². The number of ether oxygens (including phenoxy) is 2. The standard InChI is InChI=1S/C38H73NO6/c1-5-7-9-11-13-15-17-19-21-23-25-27-29-31-37(43)39-35(32-40)38(45-34(4)42)36(44-33(3)41)30-28-26-24-22-20-18-16-14-12-10-8-6-2/h35-36,38,40H,5-32H2,1-4H3,(H,39,43)/t35-,36+,38-/m0/s1. The van der Waals surface area contributed by atoms with Gasteiger partial charge in [-0.25, -0.2) is 0 Å². The number of carbonyl (C=O) groups is 3. The molecule has 0 aromatic carbocycles. The lowest BCUT2D eigenvalue weighted by Gasteiger charge is -2.32. The lowest BCUT2D eigenvalue weighted by atomic mass is 9.98. The molecular formula is C38H73NO6. The molecule has 0 radical (unpaired) electrons. The molecule has 0 rings (SSSR count). The Labute approximate surface area is 277 Å². The molecule has 7 heteroatoms. The summed E-state index contributed by atoms with van der Waals surface area (Å²) in [6.07, 6.45) is 30.0. The Morgan fingerprint density at radius 1 is 0.533 bits per heavy atom. The molecule has 0 unspecified atom stereocenters. The number of unbranched alkanes of at least 4 members (excludes halogenated alkanes) is 23. The van der Waals surface area contributed by atoms with Crippen LogP contribution in [0.1, 0.15) is 201 Å². The van der Waals surface area contributed by atoms with Crippen molar-refractivity contribution in [2.24, 2.45) is 0 Å². The third kappa shape index (κ3) is 28.3. The monoisotopic (exact) mass is 640 g/mol. The maximum atomic E-state index is 12.8. The molecule has 0 bridgehead atoms. The number of hydrogen-bond donors (Lipinski definition) is 2. The molecule has 0 aliphatic rings. The molecule has 0 aromatic heterocycles. The maximum Gasteiger partial charge on any atom is 0.303 e. The summed E-state index contributed by atoms with van der Waals surface area (Å²) in [6, 6.07) is -0.829. The Hall–Kier alpha value is -1.63. The summed E-state index contributed by atoms with van der Waals surface area (Å²) < 4.78 is 11.1. The molecule has 0 saturated heterocycles. The van der Waals surface area contributed by atoms with Crippen LogP contribution in [0.5, 0.6) is 0 Å². The summed E-state index contributed by atoms with van der Waals surface area (Å²) in [5, 5.41) is 13.0. The van der Waals surface area contributed by atoms with Crippen LogP contribution in [-0.2, 0) is 23.9 Å². The zero-order valence-corrected chi connectivity index (χ0v) is 30.0. The second kappa shape index (κ2) is 32.3. The molecule has 0 fully saturated rings. The molecule has 1 amide bonds. The molecule has 0 heterocycles. The number of nitrogens with one attached hydrogen (secondary N) is 1.